The van der Waals surface area contributed by atoms with Crippen molar-refractivity contribution in [2.24, 2.45) is 0 Å². The van der Waals surface area contributed by atoms with Crippen LogP contribution < -0.4 is 15.0 Å². The van der Waals surface area contributed by atoms with Gasteiger partial charge in [0.15, 0.2) is 0 Å². The number of benzene rings is 2. The van der Waals surface area contributed by atoms with Gasteiger partial charge in [-0.3, -0.25) is 0 Å². The number of amides is 2. The van der Waals surface area contributed by atoms with E-state index in [4.69, 9.17) is 4.74 Å². The lowest BCUT2D eigenvalue weighted by atomic mass is 10.1. The molecule has 2 amide bonds. The van der Waals surface area contributed by atoms with E-state index < -0.39 is 0 Å². The Morgan fingerprint density at radius 1 is 1.19 bits per heavy atom. The molecule has 27 heavy (non-hydrogen) atoms. The molecule has 140 valence electrons. The van der Waals surface area contributed by atoms with Crippen LogP contribution in [-0.2, 0) is 0 Å². The first kappa shape index (κ1) is 17.1. The number of rotatable bonds is 3. The van der Waals surface area contributed by atoms with Gasteiger partial charge in [0, 0.05) is 31.4 Å². The predicted octanol–water partition coefficient (Wildman–Crippen LogP) is 2.71. The summed E-state index contributed by atoms with van der Waals surface area (Å²) in [6.45, 7) is 4.19. The molecule has 1 fully saturated rings. The normalized spacial score (nSPS) is 17.2. The third-order valence-electron chi connectivity index (χ3n) is 4.88. The Labute approximate surface area is 157 Å². The van der Waals surface area contributed by atoms with Crippen LogP contribution in [0, 0.1) is 0 Å². The minimum atomic E-state index is -0.106. The first-order chi connectivity index (χ1) is 13.2. The second-order valence-corrected chi connectivity index (χ2v) is 6.62. The quantitative estimate of drug-likeness (QED) is 0.744. The number of hydrogen-bond donors (Lipinski definition) is 2. The first-order valence-corrected chi connectivity index (χ1v) is 8.92. The number of piperazine rings is 1. The highest BCUT2D eigenvalue weighted by Crippen LogP contribution is 2.29. The Hall–Kier alpha value is -3.29. The van der Waals surface area contributed by atoms with E-state index in [1.807, 2.05) is 41.3 Å². The van der Waals surface area contributed by atoms with Crippen molar-refractivity contribution in [3.8, 4) is 5.75 Å². The minimum absolute atomic E-state index is 0.0689. The lowest BCUT2D eigenvalue weighted by Crippen LogP contribution is -2.55. The molecule has 0 radical (unpaired) electrons. The number of carbonyl (C=O) groups is 1. The molecular weight excluding hydrogens is 344 g/mol. The molecule has 0 bridgehead atoms. The van der Waals surface area contributed by atoms with Gasteiger partial charge in [-0.25, -0.2) is 4.79 Å². The molecule has 0 aliphatic carbocycles. The summed E-state index contributed by atoms with van der Waals surface area (Å²) in [5.41, 5.74) is 3.26. The second kappa shape index (κ2) is 7.14. The van der Waals surface area contributed by atoms with Crippen molar-refractivity contribution in [3.05, 3.63) is 42.5 Å². The fourth-order valence-corrected chi connectivity index (χ4v) is 3.48. The Bertz CT molecular complexity index is 956. The molecular formula is C19H22N6O2. The number of nitrogens with one attached hydrogen (secondary N) is 2. The average Bonchev–Trinajstić information content (AvgIpc) is 3.15. The molecule has 2 N–H and O–H groups in total. The van der Waals surface area contributed by atoms with Crippen LogP contribution in [0.15, 0.2) is 42.5 Å². The molecule has 3 aromatic rings. The Morgan fingerprint density at radius 3 is 2.81 bits per heavy atom. The molecule has 1 aliphatic rings. The predicted molar refractivity (Wildman–Crippen MR) is 104 cm³/mol. The first-order valence-electron chi connectivity index (χ1n) is 8.92. The van der Waals surface area contributed by atoms with Gasteiger partial charge < -0.3 is 19.9 Å². The van der Waals surface area contributed by atoms with E-state index in [1.165, 1.54) is 0 Å². The molecule has 0 saturated carbocycles. The van der Waals surface area contributed by atoms with Crippen LogP contribution in [0.2, 0.25) is 0 Å². The van der Waals surface area contributed by atoms with Gasteiger partial charge in [-0.1, -0.05) is 12.1 Å². The standard InChI is InChI=1S/C19H22N6O2/c1-13-12-24(17-5-3-4-6-18(17)27-2)9-10-25(13)19(26)20-14-7-8-15-16(11-14)22-23-21-15/h3-8,11,13H,9-10,12H2,1-2H3,(H,20,26)(H,21,22,23). The van der Waals surface area contributed by atoms with Crippen molar-refractivity contribution in [2.45, 2.75) is 13.0 Å². The zero-order valence-corrected chi connectivity index (χ0v) is 15.3. The summed E-state index contributed by atoms with van der Waals surface area (Å²) >= 11 is 0. The number of carbonyl (C=O) groups excluding carboxylic acids is 1. The SMILES string of the molecule is COc1ccccc1N1CCN(C(=O)Nc2ccc3n[nH]nc3c2)C(C)C1. The summed E-state index contributed by atoms with van der Waals surface area (Å²) in [5.74, 6) is 0.850. The number of aromatic nitrogens is 3. The van der Waals surface area contributed by atoms with Crippen LogP contribution in [0.5, 0.6) is 5.75 Å². The fraction of sp³-hybridized carbons (Fsp3) is 0.316. The average molecular weight is 366 g/mol. The highest BCUT2D eigenvalue weighted by Gasteiger charge is 2.28. The summed E-state index contributed by atoms with van der Waals surface area (Å²) in [7, 11) is 1.68. The van der Waals surface area contributed by atoms with E-state index in [9.17, 15) is 4.79 Å². The highest BCUT2D eigenvalue weighted by atomic mass is 16.5. The molecule has 1 aromatic heterocycles. The lowest BCUT2D eigenvalue weighted by Gasteiger charge is -2.41. The summed E-state index contributed by atoms with van der Waals surface area (Å²) < 4.78 is 5.47. The number of methoxy groups -OCH3 is 1. The number of urea groups is 1. The number of hydrogen-bond acceptors (Lipinski definition) is 5. The van der Waals surface area contributed by atoms with Crippen LogP contribution in [0.4, 0.5) is 16.2 Å². The van der Waals surface area contributed by atoms with Crippen LogP contribution in [0.25, 0.3) is 11.0 Å². The highest BCUT2D eigenvalue weighted by molar-refractivity contribution is 5.92. The minimum Gasteiger partial charge on any atom is -0.495 e. The molecule has 8 nitrogen and oxygen atoms in total. The Balaban J connectivity index is 1.43. The van der Waals surface area contributed by atoms with E-state index in [2.05, 4.69) is 38.6 Å². The van der Waals surface area contributed by atoms with Crippen LogP contribution in [0.1, 0.15) is 6.92 Å². The van der Waals surface area contributed by atoms with Gasteiger partial charge >= 0.3 is 6.03 Å². The largest absolute Gasteiger partial charge is 0.495 e. The Morgan fingerprint density at radius 2 is 2.00 bits per heavy atom. The number of ether oxygens (including phenoxy) is 1. The zero-order chi connectivity index (χ0) is 18.8. The van der Waals surface area contributed by atoms with Gasteiger partial charge in [0.25, 0.3) is 0 Å². The molecule has 0 spiro atoms. The topological polar surface area (TPSA) is 86.4 Å². The van der Waals surface area contributed by atoms with Gasteiger partial charge in [-0.2, -0.15) is 15.4 Å². The molecule has 1 atom stereocenters. The monoisotopic (exact) mass is 366 g/mol. The maximum atomic E-state index is 12.7. The number of fused-ring (bicyclic) bond motifs is 1. The fourth-order valence-electron chi connectivity index (χ4n) is 3.48. The van der Waals surface area contributed by atoms with E-state index in [0.29, 0.717) is 12.2 Å². The van der Waals surface area contributed by atoms with Gasteiger partial charge in [-0.05, 0) is 37.3 Å². The third kappa shape index (κ3) is 3.38. The number of nitrogens with zero attached hydrogens (tertiary/aromatic N) is 4. The van der Waals surface area contributed by atoms with Crippen molar-refractivity contribution in [1.82, 2.24) is 20.3 Å². The Kier molecular flexibility index (Phi) is 4.53. The zero-order valence-electron chi connectivity index (χ0n) is 15.3. The smallest absolute Gasteiger partial charge is 0.322 e. The molecule has 4 rings (SSSR count). The van der Waals surface area contributed by atoms with Crippen LogP contribution >= 0.6 is 0 Å². The van der Waals surface area contributed by atoms with Gasteiger partial charge in [-0.15, -0.1) is 0 Å². The second-order valence-electron chi connectivity index (χ2n) is 6.62. The van der Waals surface area contributed by atoms with Gasteiger partial charge in [0.2, 0.25) is 0 Å². The van der Waals surface area contributed by atoms with Crippen molar-refractivity contribution in [1.29, 1.82) is 0 Å². The number of anilines is 2. The van der Waals surface area contributed by atoms with Crippen molar-refractivity contribution in [2.75, 3.05) is 37.0 Å². The van der Waals surface area contributed by atoms with Crippen molar-refractivity contribution < 1.29 is 9.53 Å². The molecule has 8 heteroatoms. The van der Waals surface area contributed by atoms with Crippen molar-refractivity contribution in [3.63, 3.8) is 0 Å². The summed E-state index contributed by atoms with van der Waals surface area (Å²) in [5, 5.41) is 13.6. The molecule has 1 unspecified atom stereocenters. The third-order valence-corrected chi connectivity index (χ3v) is 4.88. The van der Waals surface area contributed by atoms with E-state index in [1.54, 1.807) is 7.11 Å². The summed E-state index contributed by atoms with van der Waals surface area (Å²) in [4.78, 5) is 16.9. The summed E-state index contributed by atoms with van der Waals surface area (Å²) in [6.07, 6.45) is 0. The van der Waals surface area contributed by atoms with Crippen LogP contribution in [0.3, 0.4) is 0 Å². The van der Waals surface area contributed by atoms with E-state index in [0.717, 1.165) is 35.6 Å². The lowest BCUT2D eigenvalue weighted by molar-refractivity contribution is 0.184. The molecule has 2 aromatic carbocycles. The van der Waals surface area contributed by atoms with Crippen molar-refractivity contribution >= 4 is 28.4 Å². The maximum Gasteiger partial charge on any atom is 0.322 e. The van der Waals surface area contributed by atoms with Gasteiger partial charge in [0.05, 0.1) is 12.8 Å². The van der Waals surface area contributed by atoms with Gasteiger partial charge in [0.1, 0.15) is 16.8 Å². The molecule has 2 heterocycles. The summed E-state index contributed by atoms with van der Waals surface area (Å²) in [6, 6.07) is 13.4. The van der Waals surface area contributed by atoms with Crippen LogP contribution in [-0.4, -0.2) is 59.1 Å². The number of aromatic amines is 1. The van der Waals surface area contributed by atoms with E-state index in [-0.39, 0.29) is 12.1 Å². The number of para-hydroxylation sites is 2. The molecule has 1 aliphatic heterocycles. The molecule has 1 saturated heterocycles. The maximum absolute atomic E-state index is 12.7. The van der Waals surface area contributed by atoms with E-state index >= 15 is 0 Å². The number of H-pyrrole nitrogens is 1.